The number of ether oxygens (including phenoxy) is 3. The minimum Gasteiger partial charge on any atom is -0.491 e. The first-order valence-electron chi connectivity index (χ1n) is 9.23. The molecule has 0 aliphatic rings. The zero-order chi connectivity index (χ0) is 21.2. The number of hydrogen-bond acceptors (Lipinski definition) is 6. The van der Waals surface area contributed by atoms with Crippen LogP contribution in [0.2, 0.25) is 0 Å². The fourth-order valence-corrected chi connectivity index (χ4v) is 2.37. The standard InChI is InChI=1S/C22H21FN2O5/c23-16-4-3-5-20(12-16)28-14-17(26)13-25-21(27)15-29-18-7-9-19(10-8-18)30-22-6-1-2-11-24-22/h1-12,17,26H,13-15H2,(H,25,27). The van der Waals surface area contributed by atoms with Gasteiger partial charge in [-0.1, -0.05) is 12.1 Å². The quantitative estimate of drug-likeness (QED) is 0.532. The molecule has 1 unspecified atom stereocenters. The third kappa shape index (κ3) is 7.06. The number of hydrogen-bond donors (Lipinski definition) is 2. The maximum atomic E-state index is 13.1. The Morgan fingerprint density at radius 1 is 1.00 bits per heavy atom. The number of rotatable bonds is 10. The molecule has 0 aliphatic heterocycles. The van der Waals surface area contributed by atoms with Crippen LogP contribution in [0.3, 0.4) is 0 Å². The van der Waals surface area contributed by atoms with Crippen molar-refractivity contribution < 1.29 is 28.5 Å². The third-order valence-electron chi connectivity index (χ3n) is 3.83. The molecule has 1 amide bonds. The van der Waals surface area contributed by atoms with Crippen LogP contribution in [-0.2, 0) is 4.79 Å². The number of aliphatic hydroxyl groups is 1. The van der Waals surface area contributed by atoms with Gasteiger partial charge in [-0.2, -0.15) is 0 Å². The van der Waals surface area contributed by atoms with Crippen molar-refractivity contribution in [1.82, 2.24) is 10.3 Å². The number of halogens is 1. The summed E-state index contributed by atoms with van der Waals surface area (Å²) in [6.45, 7) is -0.311. The maximum absolute atomic E-state index is 13.1. The van der Waals surface area contributed by atoms with Crippen molar-refractivity contribution in [3.63, 3.8) is 0 Å². The van der Waals surface area contributed by atoms with Gasteiger partial charge in [-0.25, -0.2) is 9.37 Å². The summed E-state index contributed by atoms with van der Waals surface area (Å²) in [5.41, 5.74) is 0. The zero-order valence-electron chi connectivity index (χ0n) is 16.0. The van der Waals surface area contributed by atoms with Crippen LogP contribution in [-0.4, -0.2) is 41.9 Å². The molecule has 156 valence electrons. The van der Waals surface area contributed by atoms with Gasteiger partial charge in [0, 0.05) is 24.9 Å². The van der Waals surface area contributed by atoms with Crippen LogP contribution in [0.4, 0.5) is 4.39 Å². The van der Waals surface area contributed by atoms with E-state index in [4.69, 9.17) is 14.2 Å². The molecule has 0 spiro atoms. The summed E-state index contributed by atoms with van der Waals surface area (Å²) in [5.74, 6) is 1.04. The molecule has 1 aromatic heterocycles. The van der Waals surface area contributed by atoms with Gasteiger partial charge in [0.25, 0.3) is 5.91 Å². The Labute approximate surface area is 173 Å². The number of benzene rings is 2. The molecule has 0 saturated carbocycles. The Bertz CT molecular complexity index is 938. The van der Waals surface area contributed by atoms with E-state index in [2.05, 4.69) is 10.3 Å². The number of amides is 1. The summed E-state index contributed by atoms with van der Waals surface area (Å²) in [5, 5.41) is 12.4. The van der Waals surface area contributed by atoms with E-state index in [1.54, 1.807) is 48.7 Å². The molecule has 0 bridgehead atoms. The van der Waals surface area contributed by atoms with E-state index in [0.29, 0.717) is 23.1 Å². The second-order valence-corrected chi connectivity index (χ2v) is 6.26. The van der Waals surface area contributed by atoms with Crippen molar-refractivity contribution in [2.45, 2.75) is 6.10 Å². The molecule has 2 N–H and O–H groups in total. The van der Waals surface area contributed by atoms with Crippen molar-refractivity contribution in [3.8, 4) is 23.1 Å². The van der Waals surface area contributed by atoms with E-state index >= 15 is 0 Å². The summed E-state index contributed by atoms with van der Waals surface area (Å²) in [7, 11) is 0. The average Bonchev–Trinajstić information content (AvgIpc) is 2.76. The van der Waals surface area contributed by atoms with E-state index in [1.807, 2.05) is 6.07 Å². The molecule has 30 heavy (non-hydrogen) atoms. The van der Waals surface area contributed by atoms with Crippen LogP contribution in [0.1, 0.15) is 0 Å². The second-order valence-electron chi connectivity index (χ2n) is 6.26. The highest BCUT2D eigenvalue weighted by molar-refractivity contribution is 5.77. The zero-order valence-corrected chi connectivity index (χ0v) is 16.0. The lowest BCUT2D eigenvalue weighted by Crippen LogP contribution is -2.37. The molecule has 0 saturated heterocycles. The van der Waals surface area contributed by atoms with Gasteiger partial charge < -0.3 is 24.6 Å². The molecule has 0 aliphatic carbocycles. The van der Waals surface area contributed by atoms with E-state index in [1.165, 1.54) is 18.2 Å². The summed E-state index contributed by atoms with van der Waals surface area (Å²) in [4.78, 5) is 15.9. The molecular formula is C22H21FN2O5. The molecule has 0 radical (unpaired) electrons. The van der Waals surface area contributed by atoms with E-state index < -0.39 is 17.8 Å². The topological polar surface area (TPSA) is 89.9 Å². The Kier molecular flexibility index (Phi) is 7.57. The predicted molar refractivity (Wildman–Crippen MR) is 107 cm³/mol. The summed E-state index contributed by atoms with van der Waals surface area (Å²) in [6, 6.07) is 17.7. The van der Waals surface area contributed by atoms with Gasteiger partial charge in [-0.05, 0) is 42.5 Å². The summed E-state index contributed by atoms with van der Waals surface area (Å²) in [6.07, 6.45) is 0.691. The van der Waals surface area contributed by atoms with Crippen molar-refractivity contribution >= 4 is 5.91 Å². The fourth-order valence-electron chi connectivity index (χ4n) is 2.37. The number of nitrogens with zero attached hydrogens (tertiary/aromatic N) is 1. The number of pyridine rings is 1. The molecule has 3 rings (SSSR count). The van der Waals surface area contributed by atoms with Crippen LogP contribution in [0.25, 0.3) is 0 Å². The molecule has 1 atom stereocenters. The van der Waals surface area contributed by atoms with Gasteiger partial charge in [0.15, 0.2) is 6.61 Å². The summed E-state index contributed by atoms with van der Waals surface area (Å²) >= 11 is 0. The van der Waals surface area contributed by atoms with Crippen molar-refractivity contribution in [3.05, 3.63) is 78.7 Å². The van der Waals surface area contributed by atoms with Gasteiger partial charge in [-0.3, -0.25) is 4.79 Å². The SMILES string of the molecule is O=C(COc1ccc(Oc2ccccn2)cc1)NCC(O)COc1cccc(F)c1. The van der Waals surface area contributed by atoms with Crippen molar-refractivity contribution in [2.75, 3.05) is 19.8 Å². The Morgan fingerprint density at radius 3 is 2.53 bits per heavy atom. The van der Waals surface area contributed by atoms with Gasteiger partial charge in [0.05, 0.1) is 0 Å². The Hall–Kier alpha value is -3.65. The van der Waals surface area contributed by atoms with E-state index in [-0.39, 0.29) is 19.8 Å². The van der Waals surface area contributed by atoms with E-state index in [0.717, 1.165) is 0 Å². The smallest absolute Gasteiger partial charge is 0.258 e. The number of aliphatic hydroxyl groups excluding tert-OH is 1. The van der Waals surface area contributed by atoms with Gasteiger partial charge >= 0.3 is 0 Å². The lowest BCUT2D eigenvalue weighted by Gasteiger charge is -2.13. The van der Waals surface area contributed by atoms with Crippen molar-refractivity contribution in [1.29, 1.82) is 0 Å². The minimum atomic E-state index is -0.944. The van der Waals surface area contributed by atoms with Gasteiger partial charge in [0.2, 0.25) is 5.88 Å². The molecular weight excluding hydrogens is 391 g/mol. The van der Waals surface area contributed by atoms with Crippen LogP contribution >= 0.6 is 0 Å². The highest BCUT2D eigenvalue weighted by Crippen LogP contribution is 2.22. The minimum absolute atomic E-state index is 0.0195. The molecule has 7 nitrogen and oxygen atoms in total. The van der Waals surface area contributed by atoms with Crippen LogP contribution < -0.4 is 19.5 Å². The Balaban J connectivity index is 1.35. The fraction of sp³-hybridized carbons (Fsp3) is 0.182. The molecule has 3 aromatic rings. The molecule has 2 aromatic carbocycles. The normalized spacial score (nSPS) is 11.4. The first-order valence-corrected chi connectivity index (χ1v) is 9.23. The van der Waals surface area contributed by atoms with E-state index in [9.17, 15) is 14.3 Å². The van der Waals surface area contributed by atoms with Crippen LogP contribution in [0.15, 0.2) is 72.9 Å². The lowest BCUT2D eigenvalue weighted by atomic mass is 10.3. The monoisotopic (exact) mass is 412 g/mol. The number of aromatic nitrogens is 1. The average molecular weight is 412 g/mol. The first-order chi connectivity index (χ1) is 14.6. The second kappa shape index (κ2) is 10.8. The highest BCUT2D eigenvalue weighted by atomic mass is 19.1. The number of nitrogens with one attached hydrogen (secondary N) is 1. The maximum Gasteiger partial charge on any atom is 0.258 e. The largest absolute Gasteiger partial charge is 0.491 e. The Morgan fingerprint density at radius 2 is 1.80 bits per heavy atom. The predicted octanol–water partition coefficient (Wildman–Crippen LogP) is 2.95. The lowest BCUT2D eigenvalue weighted by molar-refractivity contribution is -0.123. The van der Waals surface area contributed by atoms with Crippen LogP contribution in [0.5, 0.6) is 23.1 Å². The summed E-state index contributed by atoms with van der Waals surface area (Å²) < 4.78 is 29.3. The molecule has 1 heterocycles. The molecule has 0 fully saturated rings. The van der Waals surface area contributed by atoms with Gasteiger partial charge in [0.1, 0.15) is 35.8 Å². The van der Waals surface area contributed by atoms with Crippen molar-refractivity contribution in [2.24, 2.45) is 0 Å². The third-order valence-corrected chi connectivity index (χ3v) is 3.83. The first kappa shape index (κ1) is 21.1. The number of carbonyl (C=O) groups excluding carboxylic acids is 1. The highest BCUT2D eigenvalue weighted by Gasteiger charge is 2.09. The van der Waals surface area contributed by atoms with Gasteiger partial charge in [-0.15, -0.1) is 0 Å². The van der Waals surface area contributed by atoms with Crippen LogP contribution in [0, 0.1) is 5.82 Å². The molecule has 8 heteroatoms. The number of carbonyl (C=O) groups is 1.